The molecule has 0 bridgehead atoms. The van der Waals surface area contributed by atoms with Crippen molar-refractivity contribution in [3.63, 3.8) is 0 Å². The number of rotatable bonds is 15. The number of nitrogens with zero attached hydrogens (tertiary/aromatic N) is 2. The predicted octanol–water partition coefficient (Wildman–Crippen LogP) is 7.52. The van der Waals surface area contributed by atoms with E-state index in [1.807, 2.05) is 41.6 Å². The van der Waals surface area contributed by atoms with Crippen molar-refractivity contribution in [2.24, 2.45) is 10.9 Å². The first kappa shape index (κ1) is 32.3. The number of aryl methyl sites for hydroxylation is 1. The Morgan fingerprint density at radius 3 is 2.57 bits per heavy atom. The Labute approximate surface area is 226 Å². The fourth-order valence-electron chi connectivity index (χ4n) is 4.11. The van der Waals surface area contributed by atoms with Crippen LogP contribution in [0.25, 0.3) is 0 Å². The lowest BCUT2D eigenvalue weighted by molar-refractivity contribution is 0.347. The Hall–Kier alpha value is -2.70. The molecule has 6 heteroatoms. The summed E-state index contributed by atoms with van der Waals surface area (Å²) in [5, 5.41) is 3.33. The summed E-state index contributed by atoms with van der Waals surface area (Å²) in [6, 6.07) is 16.7. The van der Waals surface area contributed by atoms with Crippen molar-refractivity contribution in [1.82, 2.24) is 9.62 Å². The van der Waals surface area contributed by atoms with Crippen LogP contribution < -0.4 is 5.32 Å². The molecule has 204 valence electrons. The molecule has 0 aliphatic carbocycles. The van der Waals surface area contributed by atoms with Crippen LogP contribution in [0.15, 0.2) is 78.1 Å². The molecule has 0 aliphatic rings. The van der Waals surface area contributed by atoms with Gasteiger partial charge in [-0.3, -0.25) is 0 Å². The van der Waals surface area contributed by atoms with Crippen LogP contribution in [-0.4, -0.2) is 33.6 Å². The van der Waals surface area contributed by atoms with Gasteiger partial charge < -0.3 is 5.32 Å². The van der Waals surface area contributed by atoms with Crippen LogP contribution in [0.4, 0.5) is 0 Å². The van der Waals surface area contributed by atoms with E-state index < -0.39 is 9.92 Å². The topological polar surface area (TPSA) is 68.5 Å². The third-order valence-corrected chi connectivity index (χ3v) is 7.31. The van der Waals surface area contributed by atoms with Gasteiger partial charge in [0, 0.05) is 31.5 Å². The molecule has 2 aromatic rings. The van der Waals surface area contributed by atoms with E-state index >= 15 is 0 Å². The zero-order chi connectivity index (χ0) is 26.6. The minimum Gasteiger partial charge on any atom is -0.370 e. The monoisotopic (exact) mass is 524 g/mol. The normalized spacial score (nSPS) is 14.3. The van der Waals surface area contributed by atoms with Crippen LogP contribution in [0.3, 0.4) is 0 Å². The molecular weight excluding hydrogens is 476 g/mol. The smallest absolute Gasteiger partial charge is 0.119 e. The third kappa shape index (κ3) is 11.9. The summed E-state index contributed by atoms with van der Waals surface area (Å²) in [4.78, 5) is 4.75. The zero-order valence-corrected chi connectivity index (χ0v) is 23.5. The fourth-order valence-corrected chi connectivity index (χ4v) is 5.05. The van der Waals surface area contributed by atoms with E-state index in [9.17, 15) is 4.21 Å². The highest BCUT2D eigenvalue weighted by Gasteiger charge is 2.17. The maximum absolute atomic E-state index is 12.7. The van der Waals surface area contributed by atoms with Crippen LogP contribution in [0.5, 0.6) is 0 Å². The van der Waals surface area contributed by atoms with E-state index in [2.05, 4.69) is 63.0 Å². The number of aliphatic imine (C=N–C) groups is 1. The second-order valence-electron chi connectivity index (χ2n) is 9.68. The second kappa shape index (κ2) is 16.2. The molecule has 0 saturated heterocycles. The molecule has 2 rings (SSSR count). The van der Waals surface area contributed by atoms with Crippen molar-refractivity contribution in [3.8, 4) is 0 Å². The van der Waals surface area contributed by atoms with Gasteiger partial charge in [-0.2, -0.15) is 0 Å². The summed E-state index contributed by atoms with van der Waals surface area (Å²) in [5.41, 5.74) is 5.36. The lowest BCUT2D eigenvalue weighted by Crippen LogP contribution is -2.32. The summed E-state index contributed by atoms with van der Waals surface area (Å²) in [5.74, 6) is 1.02. The van der Waals surface area contributed by atoms with Gasteiger partial charge in [0.2, 0.25) is 0 Å². The number of nitrogens with one attached hydrogen (secondary N) is 2. The summed E-state index contributed by atoms with van der Waals surface area (Å²) < 4.78 is 22.8. The van der Waals surface area contributed by atoms with Crippen molar-refractivity contribution in [1.29, 1.82) is 4.78 Å². The fraction of sp³-hybridized carbons (Fsp3) is 0.452. The number of hydrogen-bond donors (Lipinski definition) is 2. The first-order valence-electron chi connectivity index (χ1n) is 12.9. The summed E-state index contributed by atoms with van der Waals surface area (Å²) in [6.07, 6.45) is 9.75. The Balaban J connectivity index is 0.00000684. The number of benzene rings is 2. The van der Waals surface area contributed by atoms with Crippen molar-refractivity contribution in [2.45, 2.75) is 67.3 Å². The molecule has 0 aliphatic heterocycles. The van der Waals surface area contributed by atoms with Crippen molar-refractivity contribution in [2.75, 3.05) is 19.3 Å². The first-order chi connectivity index (χ1) is 17.1. The van der Waals surface area contributed by atoms with Gasteiger partial charge in [-0.1, -0.05) is 94.8 Å². The largest absolute Gasteiger partial charge is 0.370 e. The third-order valence-electron chi connectivity index (χ3n) is 6.05. The van der Waals surface area contributed by atoms with Crippen molar-refractivity contribution < 1.29 is 4.21 Å². The van der Waals surface area contributed by atoms with Gasteiger partial charge in [-0.25, -0.2) is 18.3 Å². The van der Waals surface area contributed by atoms with E-state index in [-0.39, 0.29) is 7.43 Å². The van der Waals surface area contributed by atoms with Crippen molar-refractivity contribution in [3.05, 3.63) is 95.3 Å². The van der Waals surface area contributed by atoms with Gasteiger partial charge in [0.1, 0.15) is 15.7 Å². The van der Waals surface area contributed by atoms with Gasteiger partial charge in [-0.15, -0.1) is 0 Å². The number of allylic oxidation sites excluding steroid dienone is 2. The molecule has 0 amide bonds. The maximum atomic E-state index is 12.7. The molecule has 0 heterocycles. The molecule has 37 heavy (non-hydrogen) atoms. The minimum absolute atomic E-state index is 0. The molecule has 0 spiro atoms. The highest BCUT2D eigenvalue weighted by atomic mass is 32.2. The molecule has 2 N–H and O–H groups in total. The standard InChI is InChI=1S/C30H44N4OS.CH4/c1-7-9-13-25(4)22-34(36(6,31)35)23-28-16-11-17-29(21-28)30(12-8-2)33-26(5)32-19-18-27-15-10-14-24(3)20-27;/h8,10-12,14-17,20-21,25,31-32H,5,7,9,13,18-19,22-23H2,1-4,6H3;1H4/b12-8-,33-30+;/t25-,36?;/m0./s1. The van der Waals surface area contributed by atoms with Crippen LogP contribution in [0, 0.1) is 17.6 Å². The summed E-state index contributed by atoms with van der Waals surface area (Å²) >= 11 is 0. The Morgan fingerprint density at radius 2 is 1.92 bits per heavy atom. The second-order valence-corrected chi connectivity index (χ2v) is 11.8. The van der Waals surface area contributed by atoms with Gasteiger partial charge in [0.15, 0.2) is 0 Å². The van der Waals surface area contributed by atoms with E-state index in [0.29, 0.717) is 24.8 Å². The molecular formula is C31H48N4OS. The maximum Gasteiger partial charge on any atom is 0.119 e. The highest BCUT2D eigenvalue weighted by molar-refractivity contribution is 7.89. The average molecular weight is 525 g/mol. The summed E-state index contributed by atoms with van der Waals surface area (Å²) in [7, 11) is -2.82. The first-order valence-corrected chi connectivity index (χ1v) is 14.8. The van der Waals surface area contributed by atoms with Crippen LogP contribution >= 0.6 is 0 Å². The SMILES string of the molecule is C.C=C(/N=C(\C=C/C)c1cccc(CN(C[C@@H](C)CCCC)S(C)(=N)=O)c1)NCCc1cccc(C)c1. The van der Waals surface area contributed by atoms with Gasteiger partial charge in [0.25, 0.3) is 0 Å². The summed E-state index contributed by atoms with van der Waals surface area (Å²) in [6.45, 7) is 14.4. The molecule has 0 aromatic heterocycles. The minimum atomic E-state index is -2.82. The van der Waals surface area contributed by atoms with Gasteiger partial charge in [0.05, 0.1) is 5.71 Å². The van der Waals surface area contributed by atoms with E-state index in [4.69, 9.17) is 9.77 Å². The Kier molecular flexibility index (Phi) is 14.2. The molecule has 0 radical (unpaired) electrons. The van der Waals surface area contributed by atoms with Crippen LogP contribution in [0.2, 0.25) is 0 Å². The molecule has 1 unspecified atom stereocenters. The predicted molar refractivity (Wildman–Crippen MR) is 162 cm³/mol. The molecule has 2 aromatic carbocycles. The lowest BCUT2D eigenvalue weighted by atomic mass is 10.0. The van der Waals surface area contributed by atoms with Crippen LogP contribution in [0.1, 0.15) is 69.7 Å². The molecule has 0 saturated carbocycles. The highest BCUT2D eigenvalue weighted by Crippen LogP contribution is 2.17. The van der Waals surface area contributed by atoms with Crippen molar-refractivity contribution >= 4 is 15.6 Å². The van der Waals surface area contributed by atoms with Gasteiger partial charge in [-0.05, 0) is 55.9 Å². The average Bonchev–Trinajstić information content (AvgIpc) is 2.82. The number of unbranched alkanes of at least 4 members (excludes halogenated alkanes) is 1. The quantitative estimate of drug-likeness (QED) is 0.237. The number of hydrogen-bond acceptors (Lipinski definition) is 4. The van der Waals surface area contributed by atoms with E-state index in [1.54, 1.807) is 0 Å². The van der Waals surface area contributed by atoms with E-state index in [1.165, 1.54) is 17.4 Å². The van der Waals surface area contributed by atoms with Crippen LogP contribution in [-0.2, 0) is 22.9 Å². The molecule has 5 nitrogen and oxygen atoms in total. The lowest BCUT2D eigenvalue weighted by Gasteiger charge is -2.26. The Bertz CT molecular complexity index is 1150. The molecule has 2 atom stereocenters. The van der Waals surface area contributed by atoms with Gasteiger partial charge >= 0.3 is 0 Å². The Morgan fingerprint density at radius 1 is 1.22 bits per heavy atom. The molecule has 0 fully saturated rings. The zero-order valence-electron chi connectivity index (χ0n) is 22.7. The van der Waals surface area contributed by atoms with E-state index in [0.717, 1.165) is 49.1 Å².